The van der Waals surface area contributed by atoms with E-state index in [1.807, 2.05) is 18.2 Å². The third-order valence-corrected chi connectivity index (χ3v) is 4.30. The fourth-order valence-electron chi connectivity index (χ4n) is 2.38. The van der Waals surface area contributed by atoms with Crippen LogP contribution in [0.1, 0.15) is 22.5 Å². The second-order valence-electron chi connectivity index (χ2n) is 4.68. The van der Waals surface area contributed by atoms with Crippen molar-refractivity contribution in [1.82, 2.24) is 9.55 Å². The Morgan fingerprint density at radius 2 is 2.10 bits per heavy atom. The van der Waals surface area contributed by atoms with Gasteiger partial charge in [-0.15, -0.1) is 11.3 Å². The van der Waals surface area contributed by atoms with Crippen molar-refractivity contribution in [3.63, 3.8) is 0 Å². The number of para-hydroxylation sites is 2. The zero-order valence-corrected chi connectivity index (χ0v) is 12.7. The first-order valence-corrected chi connectivity index (χ1v) is 7.76. The number of imidazole rings is 1. The molecule has 0 saturated carbocycles. The normalized spacial score (nSPS) is 10.6. The molecule has 3 nitrogen and oxygen atoms in total. The maximum atomic E-state index is 8.75. The van der Waals surface area contributed by atoms with Gasteiger partial charge in [-0.05, 0) is 24.3 Å². The topological polar surface area (TPSA) is 38.0 Å². The Balaban J connectivity index is 1.95. The number of aliphatic hydroxyl groups excluding tert-OH is 1. The number of rotatable bonds is 3. The van der Waals surface area contributed by atoms with E-state index in [-0.39, 0.29) is 6.61 Å². The van der Waals surface area contributed by atoms with Gasteiger partial charge in [-0.25, -0.2) is 4.98 Å². The molecule has 2 aromatic heterocycles. The third kappa shape index (κ3) is 2.85. The van der Waals surface area contributed by atoms with Crippen molar-refractivity contribution >= 4 is 22.4 Å². The summed E-state index contributed by atoms with van der Waals surface area (Å²) >= 11 is 1.67. The Morgan fingerprint density at radius 1 is 1.24 bits per heavy atom. The van der Waals surface area contributed by atoms with Crippen LogP contribution in [0.5, 0.6) is 0 Å². The Morgan fingerprint density at radius 3 is 2.90 bits per heavy atom. The van der Waals surface area contributed by atoms with Crippen LogP contribution >= 0.6 is 11.3 Å². The molecule has 1 aromatic carbocycles. The number of nitrogens with zero attached hydrogens (tertiary/aromatic N) is 2. The zero-order valence-electron chi connectivity index (χ0n) is 11.8. The molecule has 0 radical (unpaired) electrons. The zero-order chi connectivity index (χ0) is 14.7. The molecule has 0 unspecified atom stereocenters. The number of hydrogen-bond donors (Lipinski definition) is 1. The molecule has 3 rings (SSSR count). The number of aromatic nitrogens is 2. The molecule has 0 aliphatic heterocycles. The molecule has 0 aliphatic rings. The number of hydrogen-bond acceptors (Lipinski definition) is 3. The van der Waals surface area contributed by atoms with Crippen LogP contribution in [0.2, 0.25) is 0 Å². The summed E-state index contributed by atoms with van der Waals surface area (Å²) in [7, 11) is 0. The van der Waals surface area contributed by atoms with Crippen LogP contribution in [0.4, 0.5) is 0 Å². The van der Waals surface area contributed by atoms with E-state index in [0.717, 1.165) is 29.2 Å². The van der Waals surface area contributed by atoms with E-state index in [4.69, 9.17) is 10.1 Å². The predicted molar refractivity (Wildman–Crippen MR) is 86.5 cm³/mol. The Bertz CT molecular complexity index is 820. The van der Waals surface area contributed by atoms with E-state index in [9.17, 15) is 0 Å². The van der Waals surface area contributed by atoms with Gasteiger partial charge in [0.2, 0.25) is 0 Å². The summed E-state index contributed by atoms with van der Waals surface area (Å²) in [6.45, 7) is 2.85. The lowest BCUT2D eigenvalue weighted by atomic mass is 10.3. The van der Waals surface area contributed by atoms with Gasteiger partial charge in [0.05, 0.1) is 22.5 Å². The molecule has 4 heteroatoms. The lowest BCUT2D eigenvalue weighted by Gasteiger charge is -2.06. The van der Waals surface area contributed by atoms with Crippen molar-refractivity contribution in [2.45, 2.75) is 19.9 Å². The molecule has 3 aromatic rings. The van der Waals surface area contributed by atoms with Gasteiger partial charge in [-0.2, -0.15) is 0 Å². The summed E-state index contributed by atoms with van der Waals surface area (Å²) in [6, 6.07) is 12.3. The molecule has 0 fully saturated rings. The van der Waals surface area contributed by atoms with Gasteiger partial charge in [0.25, 0.3) is 0 Å². The quantitative estimate of drug-likeness (QED) is 0.754. The predicted octanol–water partition coefficient (Wildman–Crippen LogP) is 3.05. The highest BCUT2D eigenvalue weighted by atomic mass is 32.1. The highest BCUT2D eigenvalue weighted by Gasteiger charge is 2.10. The van der Waals surface area contributed by atoms with Gasteiger partial charge in [0.15, 0.2) is 0 Å². The summed E-state index contributed by atoms with van der Waals surface area (Å²) in [6.07, 6.45) is 0.914. The number of aryl methyl sites for hydroxylation is 1. The first-order valence-electron chi connectivity index (χ1n) is 6.94. The molecule has 0 atom stereocenters. The van der Waals surface area contributed by atoms with E-state index in [2.05, 4.69) is 41.5 Å². The number of benzene rings is 1. The number of thiophene rings is 1. The summed E-state index contributed by atoms with van der Waals surface area (Å²) in [4.78, 5) is 6.92. The first kappa shape index (κ1) is 13.9. The van der Waals surface area contributed by atoms with Crippen LogP contribution in [0, 0.1) is 11.8 Å². The molecule has 1 N–H and O–H groups in total. The average molecular weight is 296 g/mol. The van der Waals surface area contributed by atoms with Crippen molar-refractivity contribution in [3.8, 4) is 11.8 Å². The smallest absolute Gasteiger partial charge is 0.109 e. The van der Waals surface area contributed by atoms with Crippen LogP contribution in [0.15, 0.2) is 36.4 Å². The Kier molecular flexibility index (Phi) is 4.05. The van der Waals surface area contributed by atoms with Gasteiger partial charge in [0, 0.05) is 11.3 Å². The van der Waals surface area contributed by atoms with Gasteiger partial charge in [-0.1, -0.05) is 30.9 Å². The fraction of sp³-hybridized carbons (Fsp3) is 0.235. The van der Waals surface area contributed by atoms with Crippen LogP contribution in [-0.2, 0) is 13.0 Å². The maximum absolute atomic E-state index is 8.75. The minimum Gasteiger partial charge on any atom is -0.384 e. The Hall–Kier alpha value is -2.09. The lowest BCUT2D eigenvalue weighted by molar-refractivity contribution is 0.350. The largest absolute Gasteiger partial charge is 0.384 e. The van der Waals surface area contributed by atoms with Crippen LogP contribution in [0.3, 0.4) is 0 Å². The van der Waals surface area contributed by atoms with Crippen molar-refractivity contribution in [1.29, 1.82) is 0 Å². The summed E-state index contributed by atoms with van der Waals surface area (Å²) in [5.41, 5.74) is 2.22. The standard InChI is InChI=1S/C17H16N2OS/c1-2-17-18-15-7-3-4-8-16(15)19(17)12-14-10-9-13(21-14)6-5-11-20/h3-4,7-10,20H,2,11-12H2,1H3. The van der Waals surface area contributed by atoms with E-state index in [0.29, 0.717) is 0 Å². The molecule has 21 heavy (non-hydrogen) atoms. The van der Waals surface area contributed by atoms with Crippen LogP contribution in [-0.4, -0.2) is 21.3 Å². The highest BCUT2D eigenvalue weighted by molar-refractivity contribution is 7.12. The maximum Gasteiger partial charge on any atom is 0.109 e. The second kappa shape index (κ2) is 6.13. The average Bonchev–Trinajstić information content (AvgIpc) is 3.10. The molecule has 0 saturated heterocycles. The van der Waals surface area contributed by atoms with E-state index in [1.165, 1.54) is 10.4 Å². The van der Waals surface area contributed by atoms with Gasteiger partial charge < -0.3 is 9.67 Å². The van der Waals surface area contributed by atoms with E-state index >= 15 is 0 Å². The summed E-state index contributed by atoms with van der Waals surface area (Å²) < 4.78 is 2.27. The second-order valence-corrected chi connectivity index (χ2v) is 5.85. The molecule has 0 bridgehead atoms. The summed E-state index contributed by atoms with van der Waals surface area (Å²) in [5, 5.41) is 8.75. The van der Waals surface area contributed by atoms with Crippen molar-refractivity contribution in [2.24, 2.45) is 0 Å². The molecule has 106 valence electrons. The van der Waals surface area contributed by atoms with Crippen LogP contribution in [0.25, 0.3) is 11.0 Å². The Labute approximate surface area is 127 Å². The number of fused-ring (bicyclic) bond motifs is 1. The molecule has 0 aliphatic carbocycles. The van der Waals surface area contributed by atoms with Crippen LogP contribution < -0.4 is 0 Å². The highest BCUT2D eigenvalue weighted by Crippen LogP contribution is 2.22. The van der Waals surface area contributed by atoms with Gasteiger partial charge in [0.1, 0.15) is 12.4 Å². The van der Waals surface area contributed by atoms with Crippen molar-refractivity contribution in [2.75, 3.05) is 6.61 Å². The molecular weight excluding hydrogens is 280 g/mol. The number of aliphatic hydroxyl groups is 1. The molecule has 0 spiro atoms. The van der Waals surface area contributed by atoms with Gasteiger partial charge in [-0.3, -0.25) is 0 Å². The third-order valence-electron chi connectivity index (χ3n) is 3.32. The van der Waals surface area contributed by atoms with E-state index in [1.54, 1.807) is 11.3 Å². The molecule has 0 amide bonds. The summed E-state index contributed by atoms with van der Waals surface area (Å²) in [5.74, 6) is 6.74. The monoisotopic (exact) mass is 296 g/mol. The van der Waals surface area contributed by atoms with E-state index < -0.39 is 0 Å². The molecular formula is C17H16N2OS. The van der Waals surface area contributed by atoms with Gasteiger partial charge >= 0.3 is 0 Å². The fourth-order valence-corrected chi connectivity index (χ4v) is 3.26. The SMILES string of the molecule is CCc1nc2ccccc2n1Cc1ccc(C#CCO)s1. The minimum absolute atomic E-state index is 0.0978. The minimum atomic E-state index is -0.0978. The van der Waals surface area contributed by atoms with Crippen molar-refractivity contribution in [3.05, 3.63) is 52.0 Å². The molecule has 2 heterocycles. The van der Waals surface area contributed by atoms with Crippen molar-refractivity contribution < 1.29 is 5.11 Å². The first-order chi connectivity index (χ1) is 10.3. The lowest BCUT2D eigenvalue weighted by Crippen LogP contribution is -2.02.